The van der Waals surface area contributed by atoms with Gasteiger partial charge in [-0.05, 0) is 49.1 Å². The average Bonchev–Trinajstić information content (AvgIpc) is 3.13. The third-order valence-electron chi connectivity index (χ3n) is 4.99. The first kappa shape index (κ1) is 12.1. The Hall–Kier alpha value is -1.71. The van der Waals surface area contributed by atoms with Crippen molar-refractivity contribution >= 4 is 11.6 Å². The second kappa shape index (κ2) is 4.69. The van der Waals surface area contributed by atoms with Gasteiger partial charge in [-0.2, -0.15) is 0 Å². The summed E-state index contributed by atoms with van der Waals surface area (Å²) < 4.78 is 10.6. The van der Waals surface area contributed by atoms with Gasteiger partial charge in [-0.25, -0.2) is 0 Å². The highest BCUT2D eigenvalue weighted by Gasteiger charge is 2.40. The van der Waals surface area contributed by atoms with E-state index in [0.29, 0.717) is 18.1 Å². The molecule has 3 aliphatic rings. The quantitative estimate of drug-likeness (QED) is 0.920. The Balaban J connectivity index is 1.38. The number of ether oxygens (including phenoxy) is 2. The van der Waals surface area contributed by atoms with Gasteiger partial charge in [0, 0.05) is 18.2 Å². The van der Waals surface area contributed by atoms with Crippen LogP contribution in [0, 0.1) is 17.8 Å². The Morgan fingerprint density at radius 2 is 2.10 bits per heavy atom. The molecule has 2 bridgehead atoms. The van der Waals surface area contributed by atoms with Crippen LogP contribution in [0.4, 0.5) is 5.69 Å². The van der Waals surface area contributed by atoms with E-state index in [9.17, 15) is 4.79 Å². The molecule has 1 aromatic rings. The summed E-state index contributed by atoms with van der Waals surface area (Å²) >= 11 is 0. The van der Waals surface area contributed by atoms with Crippen molar-refractivity contribution in [3.63, 3.8) is 0 Å². The zero-order valence-electron chi connectivity index (χ0n) is 11.4. The summed E-state index contributed by atoms with van der Waals surface area (Å²) in [6.07, 6.45) is 5.97. The first-order valence-corrected chi connectivity index (χ1v) is 7.47. The molecular formula is C16H19NO3. The van der Waals surface area contributed by atoms with Crippen LogP contribution in [-0.4, -0.2) is 12.7 Å². The Morgan fingerprint density at radius 1 is 1.20 bits per heavy atom. The molecule has 0 radical (unpaired) electrons. The van der Waals surface area contributed by atoms with Crippen LogP contribution in [-0.2, 0) is 4.79 Å². The molecule has 1 N–H and O–H groups in total. The van der Waals surface area contributed by atoms with Crippen LogP contribution >= 0.6 is 0 Å². The average molecular weight is 273 g/mol. The van der Waals surface area contributed by atoms with Gasteiger partial charge in [0.2, 0.25) is 12.7 Å². The molecule has 20 heavy (non-hydrogen) atoms. The van der Waals surface area contributed by atoms with Gasteiger partial charge in [0.1, 0.15) is 0 Å². The minimum Gasteiger partial charge on any atom is -0.454 e. The van der Waals surface area contributed by atoms with E-state index in [2.05, 4.69) is 5.32 Å². The van der Waals surface area contributed by atoms with Crippen LogP contribution < -0.4 is 14.8 Å². The Kier molecular flexibility index (Phi) is 2.83. The molecule has 2 saturated carbocycles. The number of carbonyl (C=O) groups is 1. The predicted octanol–water partition coefficient (Wildman–Crippen LogP) is 3.18. The summed E-state index contributed by atoms with van der Waals surface area (Å²) in [5.74, 6) is 3.87. The number of rotatable bonds is 3. The van der Waals surface area contributed by atoms with Crippen LogP contribution in [0.3, 0.4) is 0 Å². The summed E-state index contributed by atoms with van der Waals surface area (Å²) in [5.41, 5.74) is 0.794. The topological polar surface area (TPSA) is 47.6 Å². The second-order valence-electron chi connectivity index (χ2n) is 6.26. The summed E-state index contributed by atoms with van der Waals surface area (Å²) in [6.45, 7) is 0.262. The standard InChI is InChI=1S/C16H19NO3/c18-16(7-12-6-10-1-2-11(12)5-10)17-13-3-4-14-15(8-13)20-9-19-14/h3-4,8,10-12H,1-2,5-7,9H2,(H,17,18)/t10-,11+,12+/m0/s1. The third-order valence-corrected chi connectivity index (χ3v) is 4.99. The summed E-state index contributed by atoms with van der Waals surface area (Å²) in [5, 5.41) is 2.98. The van der Waals surface area contributed by atoms with Crippen molar-refractivity contribution in [2.24, 2.45) is 17.8 Å². The lowest BCUT2D eigenvalue weighted by Crippen LogP contribution is -2.20. The molecule has 1 aliphatic heterocycles. The summed E-state index contributed by atoms with van der Waals surface area (Å²) in [7, 11) is 0. The molecule has 106 valence electrons. The van der Waals surface area contributed by atoms with Gasteiger partial charge in [0.25, 0.3) is 0 Å². The van der Waals surface area contributed by atoms with Crippen molar-refractivity contribution in [2.45, 2.75) is 32.1 Å². The highest BCUT2D eigenvalue weighted by Crippen LogP contribution is 2.49. The van der Waals surface area contributed by atoms with E-state index < -0.39 is 0 Å². The van der Waals surface area contributed by atoms with Crippen molar-refractivity contribution in [1.29, 1.82) is 0 Å². The van der Waals surface area contributed by atoms with Crippen molar-refractivity contribution < 1.29 is 14.3 Å². The zero-order valence-corrected chi connectivity index (χ0v) is 11.4. The number of nitrogens with one attached hydrogen (secondary N) is 1. The second-order valence-corrected chi connectivity index (χ2v) is 6.26. The van der Waals surface area contributed by atoms with Gasteiger partial charge in [-0.3, -0.25) is 4.79 Å². The molecule has 1 aromatic carbocycles. The molecule has 0 spiro atoms. The monoisotopic (exact) mass is 273 g/mol. The maximum absolute atomic E-state index is 12.2. The number of amides is 1. The van der Waals surface area contributed by atoms with Crippen LogP contribution in [0.25, 0.3) is 0 Å². The molecule has 1 heterocycles. The Labute approximate surface area is 118 Å². The lowest BCUT2D eigenvalue weighted by atomic mass is 9.86. The number of hydrogen-bond donors (Lipinski definition) is 1. The van der Waals surface area contributed by atoms with Crippen molar-refractivity contribution in [3.05, 3.63) is 18.2 Å². The summed E-state index contributed by atoms with van der Waals surface area (Å²) in [6, 6.07) is 5.54. The predicted molar refractivity (Wildman–Crippen MR) is 74.7 cm³/mol. The van der Waals surface area contributed by atoms with Crippen molar-refractivity contribution in [2.75, 3.05) is 12.1 Å². The van der Waals surface area contributed by atoms with Crippen LogP contribution in [0.15, 0.2) is 18.2 Å². The Bertz CT molecular complexity index is 543. The molecule has 1 amide bonds. The zero-order chi connectivity index (χ0) is 13.5. The van der Waals surface area contributed by atoms with Crippen LogP contribution in [0.2, 0.25) is 0 Å². The van der Waals surface area contributed by atoms with E-state index in [-0.39, 0.29) is 12.7 Å². The minimum absolute atomic E-state index is 0.126. The van der Waals surface area contributed by atoms with Crippen molar-refractivity contribution in [3.8, 4) is 11.5 Å². The molecule has 2 aliphatic carbocycles. The molecule has 0 unspecified atom stereocenters. The molecule has 3 atom stereocenters. The Morgan fingerprint density at radius 3 is 2.90 bits per heavy atom. The third kappa shape index (κ3) is 2.13. The fraction of sp³-hybridized carbons (Fsp3) is 0.562. The minimum atomic E-state index is 0.126. The molecule has 4 heteroatoms. The maximum atomic E-state index is 12.2. The molecule has 2 fully saturated rings. The molecular weight excluding hydrogens is 254 g/mol. The van der Waals surface area contributed by atoms with E-state index >= 15 is 0 Å². The van der Waals surface area contributed by atoms with Crippen LogP contribution in [0.1, 0.15) is 32.1 Å². The largest absolute Gasteiger partial charge is 0.454 e. The molecule has 0 aromatic heterocycles. The van der Waals surface area contributed by atoms with E-state index in [1.807, 2.05) is 18.2 Å². The first-order chi connectivity index (χ1) is 9.78. The van der Waals surface area contributed by atoms with E-state index in [0.717, 1.165) is 23.3 Å². The van der Waals surface area contributed by atoms with Crippen LogP contribution in [0.5, 0.6) is 11.5 Å². The van der Waals surface area contributed by atoms with Gasteiger partial charge < -0.3 is 14.8 Å². The number of fused-ring (bicyclic) bond motifs is 3. The highest BCUT2D eigenvalue weighted by molar-refractivity contribution is 5.91. The van der Waals surface area contributed by atoms with Gasteiger partial charge in [0.05, 0.1) is 0 Å². The van der Waals surface area contributed by atoms with Gasteiger partial charge in [-0.15, -0.1) is 0 Å². The van der Waals surface area contributed by atoms with Crippen molar-refractivity contribution in [1.82, 2.24) is 0 Å². The van der Waals surface area contributed by atoms with E-state index in [1.165, 1.54) is 25.7 Å². The molecule has 4 nitrogen and oxygen atoms in total. The first-order valence-electron chi connectivity index (χ1n) is 7.47. The summed E-state index contributed by atoms with van der Waals surface area (Å²) in [4.78, 5) is 12.2. The fourth-order valence-corrected chi connectivity index (χ4v) is 4.05. The maximum Gasteiger partial charge on any atom is 0.231 e. The van der Waals surface area contributed by atoms with E-state index in [4.69, 9.17) is 9.47 Å². The van der Waals surface area contributed by atoms with Gasteiger partial charge in [0.15, 0.2) is 11.5 Å². The number of hydrogen-bond acceptors (Lipinski definition) is 3. The fourth-order valence-electron chi connectivity index (χ4n) is 4.05. The molecule has 4 rings (SSSR count). The number of benzene rings is 1. The highest BCUT2D eigenvalue weighted by atomic mass is 16.7. The lowest BCUT2D eigenvalue weighted by Gasteiger charge is -2.20. The number of carbonyl (C=O) groups excluding carboxylic acids is 1. The van der Waals surface area contributed by atoms with Gasteiger partial charge >= 0.3 is 0 Å². The SMILES string of the molecule is O=C(C[C@H]1C[C@H]2CC[C@@H]1C2)Nc1ccc2c(c1)OCO2. The smallest absolute Gasteiger partial charge is 0.231 e. The van der Waals surface area contributed by atoms with Gasteiger partial charge in [-0.1, -0.05) is 6.42 Å². The normalized spacial score (nSPS) is 29.7. The lowest BCUT2D eigenvalue weighted by molar-refractivity contribution is -0.117. The molecule has 0 saturated heterocycles. The number of anilines is 1. The van der Waals surface area contributed by atoms with E-state index in [1.54, 1.807) is 0 Å².